The van der Waals surface area contributed by atoms with E-state index in [0.29, 0.717) is 0 Å². The second-order valence-corrected chi connectivity index (χ2v) is 4.71. The van der Waals surface area contributed by atoms with Crippen molar-refractivity contribution in [2.24, 2.45) is 0 Å². The van der Waals surface area contributed by atoms with Gasteiger partial charge in [0.25, 0.3) is 0 Å². The zero-order valence-corrected chi connectivity index (χ0v) is 9.90. The molecule has 1 aromatic rings. The zero-order chi connectivity index (χ0) is 11.3. The van der Waals surface area contributed by atoms with Gasteiger partial charge < -0.3 is 10.0 Å². The Morgan fingerprint density at radius 1 is 1.20 bits per heavy atom. The fourth-order valence-electron chi connectivity index (χ4n) is 1.59. The highest BCUT2D eigenvalue weighted by atomic mass is 16.3. The normalized spacial score (nSPS) is 15.3. The van der Waals surface area contributed by atoms with E-state index in [-0.39, 0.29) is 0 Å². The summed E-state index contributed by atoms with van der Waals surface area (Å²) in [4.78, 5) is 2.10. The Morgan fingerprint density at radius 2 is 1.80 bits per heavy atom. The van der Waals surface area contributed by atoms with Crippen LogP contribution in [0.3, 0.4) is 0 Å². The smallest absolute Gasteiger partial charge is 0.0672 e. The van der Waals surface area contributed by atoms with Gasteiger partial charge in [0, 0.05) is 13.0 Å². The molecule has 84 valence electrons. The number of aliphatic hydroxyl groups is 1. The van der Waals surface area contributed by atoms with Crippen molar-refractivity contribution in [3.05, 3.63) is 35.9 Å². The minimum absolute atomic E-state index is 0.606. The predicted octanol–water partition coefficient (Wildman–Crippen LogP) is 1.93. The van der Waals surface area contributed by atoms with E-state index in [2.05, 4.69) is 17.0 Å². The summed E-state index contributed by atoms with van der Waals surface area (Å²) in [7, 11) is 4.05. The molecule has 0 radical (unpaired) electrons. The van der Waals surface area contributed by atoms with Crippen molar-refractivity contribution in [1.29, 1.82) is 0 Å². The van der Waals surface area contributed by atoms with Gasteiger partial charge in [-0.25, -0.2) is 0 Å². The van der Waals surface area contributed by atoms with Crippen LogP contribution in [0.15, 0.2) is 30.3 Å². The third kappa shape index (κ3) is 4.96. The van der Waals surface area contributed by atoms with Crippen molar-refractivity contribution in [1.82, 2.24) is 4.90 Å². The largest absolute Gasteiger partial charge is 0.390 e. The molecule has 1 rings (SSSR count). The van der Waals surface area contributed by atoms with Gasteiger partial charge in [-0.1, -0.05) is 30.3 Å². The molecule has 0 aliphatic heterocycles. The Balaban J connectivity index is 2.49. The van der Waals surface area contributed by atoms with Gasteiger partial charge in [-0.2, -0.15) is 0 Å². The summed E-state index contributed by atoms with van der Waals surface area (Å²) in [6.45, 7) is 2.82. The Bertz CT molecular complexity index is 280. The van der Waals surface area contributed by atoms with Gasteiger partial charge in [-0.15, -0.1) is 0 Å². The highest BCUT2D eigenvalue weighted by Crippen LogP contribution is 2.16. The standard InChI is InChI=1S/C13H21NO/c1-13(15,9-10-14(2)3)11-12-7-5-4-6-8-12/h4-8,15H,9-11H2,1-3H3/t13-/m0/s1. The molecule has 0 aliphatic rings. The van der Waals surface area contributed by atoms with Crippen molar-refractivity contribution in [2.75, 3.05) is 20.6 Å². The zero-order valence-electron chi connectivity index (χ0n) is 9.90. The van der Waals surface area contributed by atoms with Gasteiger partial charge in [0.15, 0.2) is 0 Å². The third-order valence-electron chi connectivity index (χ3n) is 2.53. The lowest BCUT2D eigenvalue weighted by Crippen LogP contribution is -2.31. The van der Waals surface area contributed by atoms with E-state index in [4.69, 9.17) is 0 Å². The maximum absolute atomic E-state index is 10.2. The molecule has 0 saturated carbocycles. The van der Waals surface area contributed by atoms with Gasteiger partial charge in [-0.3, -0.25) is 0 Å². The summed E-state index contributed by atoms with van der Waals surface area (Å²) < 4.78 is 0. The van der Waals surface area contributed by atoms with Crippen LogP contribution < -0.4 is 0 Å². The summed E-state index contributed by atoms with van der Waals surface area (Å²) in [6.07, 6.45) is 1.52. The van der Waals surface area contributed by atoms with Gasteiger partial charge >= 0.3 is 0 Å². The summed E-state index contributed by atoms with van der Waals surface area (Å²) in [5.74, 6) is 0. The van der Waals surface area contributed by atoms with Crippen molar-refractivity contribution >= 4 is 0 Å². The molecule has 0 spiro atoms. The van der Waals surface area contributed by atoms with Crippen LogP contribution in [-0.2, 0) is 6.42 Å². The Morgan fingerprint density at radius 3 is 2.33 bits per heavy atom. The highest BCUT2D eigenvalue weighted by Gasteiger charge is 2.20. The molecular weight excluding hydrogens is 186 g/mol. The second kappa shape index (κ2) is 5.29. The molecule has 0 amide bonds. The van der Waals surface area contributed by atoms with E-state index in [9.17, 15) is 5.11 Å². The lowest BCUT2D eigenvalue weighted by atomic mass is 9.93. The van der Waals surface area contributed by atoms with E-state index in [1.807, 2.05) is 39.2 Å². The summed E-state index contributed by atoms with van der Waals surface area (Å²) >= 11 is 0. The van der Waals surface area contributed by atoms with Gasteiger partial charge in [0.2, 0.25) is 0 Å². The first-order chi connectivity index (χ1) is 6.99. The van der Waals surface area contributed by atoms with Crippen LogP contribution in [0.1, 0.15) is 18.9 Å². The molecule has 1 aromatic carbocycles. The van der Waals surface area contributed by atoms with E-state index in [1.165, 1.54) is 5.56 Å². The van der Waals surface area contributed by atoms with Crippen LogP contribution in [0.25, 0.3) is 0 Å². The molecule has 0 unspecified atom stereocenters. The fourth-order valence-corrected chi connectivity index (χ4v) is 1.59. The van der Waals surface area contributed by atoms with E-state index in [1.54, 1.807) is 0 Å². The summed E-state index contributed by atoms with van der Waals surface area (Å²) in [5, 5.41) is 10.2. The van der Waals surface area contributed by atoms with Crippen LogP contribution >= 0.6 is 0 Å². The quantitative estimate of drug-likeness (QED) is 0.797. The fraction of sp³-hybridized carbons (Fsp3) is 0.538. The molecule has 0 aromatic heterocycles. The van der Waals surface area contributed by atoms with Crippen molar-refractivity contribution in [3.8, 4) is 0 Å². The van der Waals surface area contributed by atoms with Gasteiger partial charge in [-0.05, 0) is 33.0 Å². The molecule has 1 atom stereocenters. The molecule has 0 bridgehead atoms. The monoisotopic (exact) mass is 207 g/mol. The minimum atomic E-state index is -0.606. The van der Waals surface area contributed by atoms with Gasteiger partial charge in [0.05, 0.1) is 5.60 Å². The van der Waals surface area contributed by atoms with Crippen molar-refractivity contribution in [2.45, 2.75) is 25.4 Å². The van der Waals surface area contributed by atoms with Crippen LogP contribution in [0.5, 0.6) is 0 Å². The molecule has 2 heteroatoms. The predicted molar refractivity (Wildman–Crippen MR) is 63.9 cm³/mol. The number of nitrogens with zero attached hydrogens (tertiary/aromatic N) is 1. The third-order valence-corrected chi connectivity index (χ3v) is 2.53. The number of hydrogen-bond acceptors (Lipinski definition) is 2. The lowest BCUT2D eigenvalue weighted by Gasteiger charge is -2.25. The van der Waals surface area contributed by atoms with E-state index >= 15 is 0 Å². The van der Waals surface area contributed by atoms with Crippen LogP contribution in [-0.4, -0.2) is 36.2 Å². The van der Waals surface area contributed by atoms with E-state index in [0.717, 1.165) is 19.4 Å². The molecule has 0 saturated heterocycles. The first kappa shape index (κ1) is 12.2. The lowest BCUT2D eigenvalue weighted by molar-refractivity contribution is 0.0442. The molecule has 0 fully saturated rings. The topological polar surface area (TPSA) is 23.5 Å². The molecule has 15 heavy (non-hydrogen) atoms. The van der Waals surface area contributed by atoms with E-state index < -0.39 is 5.60 Å². The maximum atomic E-state index is 10.2. The second-order valence-electron chi connectivity index (χ2n) is 4.71. The Kier molecular flexibility index (Phi) is 4.30. The Hall–Kier alpha value is -0.860. The van der Waals surface area contributed by atoms with Crippen molar-refractivity contribution in [3.63, 3.8) is 0 Å². The Labute approximate surface area is 92.5 Å². The number of hydrogen-bond donors (Lipinski definition) is 1. The number of rotatable bonds is 5. The molecule has 0 aliphatic carbocycles. The maximum Gasteiger partial charge on any atom is 0.0672 e. The highest BCUT2D eigenvalue weighted by molar-refractivity contribution is 5.16. The van der Waals surface area contributed by atoms with Crippen LogP contribution in [0, 0.1) is 0 Å². The molecule has 0 heterocycles. The van der Waals surface area contributed by atoms with Gasteiger partial charge in [0.1, 0.15) is 0 Å². The summed E-state index contributed by atoms with van der Waals surface area (Å²) in [5.41, 5.74) is 0.590. The van der Waals surface area contributed by atoms with Crippen LogP contribution in [0.2, 0.25) is 0 Å². The molecule has 1 N–H and O–H groups in total. The molecule has 2 nitrogen and oxygen atoms in total. The average molecular weight is 207 g/mol. The first-order valence-corrected chi connectivity index (χ1v) is 5.41. The average Bonchev–Trinajstić information content (AvgIpc) is 2.16. The minimum Gasteiger partial charge on any atom is -0.390 e. The SMILES string of the molecule is CN(C)CC[C@](C)(O)Cc1ccccc1. The van der Waals surface area contributed by atoms with Crippen molar-refractivity contribution < 1.29 is 5.11 Å². The first-order valence-electron chi connectivity index (χ1n) is 5.41. The molecular formula is C13H21NO. The van der Waals surface area contributed by atoms with Crippen LogP contribution in [0.4, 0.5) is 0 Å². The summed E-state index contributed by atoms with van der Waals surface area (Å²) in [6, 6.07) is 10.1. The number of benzene rings is 1.